The van der Waals surface area contributed by atoms with Gasteiger partial charge >= 0.3 is 0 Å². The van der Waals surface area contributed by atoms with Crippen molar-refractivity contribution in [3.8, 4) is 5.88 Å². The number of aromatic nitrogens is 1. The second kappa shape index (κ2) is 16.8. The van der Waals surface area contributed by atoms with E-state index in [0.29, 0.717) is 6.61 Å². The molecule has 1 aromatic heterocycles. The summed E-state index contributed by atoms with van der Waals surface area (Å²) in [6, 6.07) is 4.16. The van der Waals surface area contributed by atoms with E-state index in [1.807, 2.05) is 19.3 Å². The lowest BCUT2D eigenvalue weighted by Crippen LogP contribution is -2.25. The quantitative estimate of drug-likeness (QED) is 0.327. The van der Waals surface area contributed by atoms with Crippen LogP contribution in [0.5, 0.6) is 5.88 Å². The van der Waals surface area contributed by atoms with E-state index in [2.05, 4.69) is 42.2 Å². The van der Waals surface area contributed by atoms with Crippen LogP contribution < -0.4 is 10.1 Å². The minimum absolute atomic E-state index is 0.713. The molecule has 0 aliphatic carbocycles. The van der Waals surface area contributed by atoms with Crippen LogP contribution in [0.3, 0.4) is 0 Å². The summed E-state index contributed by atoms with van der Waals surface area (Å²) < 4.78 is 5.69. The van der Waals surface area contributed by atoms with Crippen molar-refractivity contribution in [1.29, 1.82) is 0 Å². The summed E-state index contributed by atoms with van der Waals surface area (Å²) >= 11 is 0. The third-order valence-electron chi connectivity index (χ3n) is 5.32. The van der Waals surface area contributed by atoms with E-state index in [0.717, 1.165) is 31.3 Å². The molecule has 0 aliphatic heterocycles. The molecule has 0 aromatic carbocycles. The normalized spacial score (nSPS) is 12.5. The van der Waals surface area contributed by atoms with Gasteiger partial charge in [-0.15, -0.1) is 0 Å². The molecule has 0 fully saturated rings. The van der Waals surface area contributed by atoms with Crippen LogP contribution in [0.25, 0.3) is 0 Å². The van der Waals surface area contributed by atoms with Crippen molar-refractivity contribution in [2.24, 2.45) is 5.92 Å². The molecular formula is C24H45N3O. The fourth-order valence-corrected chi connectivity index (χ4v) is 3.70. The Labute approximate surface area is 174 Å². The minimum atomic E-state index is 0.713. The molecule has 0 spiro atoms. The highest BCUT2D eigenvalue weighted by Crippen LogP contribution is 2.20. The van der Waals surface area contributed by atoms with Crippen LogP contribution in [-0.2, 0) is 6.54 Å². The number of nitrogens with one attached hydrogen (secondary N) is 1. The lowest BCUT2D eigenvalue weighted by atomic mass is 9.94. The lowest BCUT2D eigenvalue weighted by molar-refractivity contribution is 0.243. The van der Waals surface area contributed by atoms with Crippen LogP contribution in [0.2, 0.25) is 0 Å². The van der Waals surface area contributed by atoms with Crippen molar-refractivity contribution in [1.82, 2.24) is 15.2 Å². The molecule has 0 saturated heterocycles. The van der Waals surface area contributed by atoms with Gasteiger partial charge in [0.15, 0.2) is 0 Å². The first-order valence-corrected chi connectivity index (χ1v) is 11.6. The Morgan fingerprint density at radius 3 is 2.36 bits per heavy atom. The van der Waals surface area contributed by atoms with Gasteiger partial charge in [0.1, 0.15) is 0 Å². The molecule has 0 bridgehead atoms. The molecule has 4 nitrogen and oxygen atoms in total. The van der Waals surface area contributed by atoms with E-state index >= 15 is 0 Å². The molecule has 1 rings (SSSR count). The highest BCUT2D eigenvalue weighted by molar-refractivity contribution is 5.17. The zero-order chi connectivity index (χ0) is 20.5. The molecular weight excluding hydrogens is 346 g/mol. The van der Waals surface area contributed by atoms with Crippen molar-refractivity contribution in [2.45, 2.75) is 84.6 Å². The maximum Gasteiger partial charge on any atom is 0.213 e. The van der Waals surface area contributed by atoms with E-state index in [4.69, 9.17) is 4.74 Å². The van der Waals surface area contributed by atoms with Crippen LogP contribution >= 0.6 is 0 Å². The predicted molar refractivity (Wildman–Crippen MR) is 121 cm³/mol. The highest BCUT2D eigenvalue weighted by Gasteiger charge is 2.12. The van der Waals surface area contributed by atoms with Gasteiger partial charge in [-0.1, -0.05) is 64.9 Å². The molecule has 0 saturated carbocycles. The second-order valence-electron chi connectivity index (χ2n) is 8.22. The second-order valence-corrected chi connectivity index (χ2v) is 8.22. The van der Waals surface area contributed by atoms with E-state index < -0.39 is 0 Å². The minimum Gasteiger partial charge on any atom is -0.478 e. The Morgan fingerprint density at radius 2 is 1.71 bits per heavy atom. The highest BCUT2D eigenvalue weighted by atomic mass is 16.5. The van der Waals surface area contributed by atoms with Crippen molar-refractivity contribution < 1.29 is 4.74 Å². The Morgan fingerprint density at radius 1 is 1.00 bits per heavy atom. The molecule has 4 heteroatoms. The summed E-state index contributed by atoms with van der Waals surface area (Å²) in [5.74, 6) is 1.56. The van der Waals surface area contributed by atoms with E-state index in [1.165, 1.54) is 69.9 Å². The molecule has 1 N–H and O–H groups in total. The van der Waals surface area contributed by atoms with Gasteiger partial charge in [-0.3, -0.25) is 0 Å². The fourth-order valence-electron chi connectivity index (χ4n) is 3.70. The van der Waals surface area contributed by atoms with Gasteiger partial charge in [0.2, 0.25) is 5.88 Å². The van der Waals surface area contributed by atoms with Gasteiger partial charge in [-0.25, -0.2) is 4.98 Å². The van der Waals surface area contributed by atoms with Crippen molar-refractivity contribution in [3.05, 3.63) is 23.9 Å². The summed E-state index contributed by atoms with van der Waals surface area (Å²) in [6.45, 7) is 8.43. The molecule has 1 unspecified atom stereocenters. The first kappa shape index (κ1) is 24.9. The monoisotopic (exact) mass is 391 g/mol. The molecule has 1 aromatic rings. The van der Waals surface area contributed by atoms with Crippen molar-refractivity contribution in [3.63, 3.8) is 0 Å². The third kappa shape index (κ3) is 12.4. The van der Waals surface area contributed by atoms with Crippen LogP contribution in [-0.4, -0.2) is 43.7 Å². The maximum atomic E-state index is 5.69. The Bertz CT molecular complexity index is 463. The fraction of sp³-hybridized carbons (Fsp3) is 0.792. The Hall–Kier alpha value is -1.13. The number of rotatable bonds is 18. The van der Waals surface area contributed by atoms with Crippen LogP contribution in [0.1, 0.15) is 83.6 Å². The molecule has 0 radical (unpaired) electrons. The number of unbranched alkanes of at least 4 members (excludes halogenated alkanes) is 5. The van der Waals surface area contributed by atoms with Gasteiger partial charge in [0.25, 0.3) is 0 Å². The number of nitrogens with zero attached hydrogens (tertiary/aromatic N) is 2. The van der Waals surface area contributed by atoms with Gasteiger partial charge in [0.05, 0.1) is 6.61 Å². The van der Waals surface area contributed by atoms with Crippen molar-refractivity contribution in [2.75, 3.05) is 33.8 Å². The van der Waals surface area contributed by atoms with Gasteiger partial charge in [-0.05, 0) is 51.4 Å². The summed E-state index contributed by atoms with van der Waals surface area (Å²) in [7, 11) is 4.21. The average Bonchev–Trinajstić information content (AvgIpc) is 2.69. The lowest BCUT2D eigenvalue weighted by Gasteiger charge is -2.24. The van der Waals surface area contributed by atoms with E-state index in [9.17, 15) is 0 Å². The van der Waals surface area contributed by atoms with E-state index in [-0.39, 0.29) is 0 Å². The summed E-state index contributed by atoms with van der Waals surface area (Å²) in [4.78, 5) is 6.94. The number of hydrogen-bond acceptors (Lipinski definition) is 4. The number of pyridine rings is 1. The average molecular weight is 392 g/mol. The molecule has 1 atom stereocenters. The van der Waals surface area contributed by atoms with Gasteiger partial charge < -0.3 is 15.0 Å². The first-order valence-electron chi connectivity index (χ1n) is 11.6. The Kier molecular flexibility index (Phi) is 14.9. The Balaban J connectivity index is 2.40. The maximum absolute atomic E-state index is 5.69. The topological polar surface area (TPSA) is 37.4 Å². The predicted octanol–water partition coefficient (Wildman–Crippen LogP) is 5.67. The van der Waals surface area contributed by atoms with Crippen molar-refractivity contribution >= 4 is 0 Å². The number of hydrogen-bond donors (Lipinski definition) is 1. The summed E-state index contributed by atoms with van der Waals surface area (Å²) in [5, 5.41) is 3.13. The van der Waals surface area contributed by atoms with Crippen LogP contribution in [0, 0.1) is 5.92 Å². The van der Waals surface area contributed by atoms with Crippen LogP contribution in [0.15, 0.2) is 18.3 Å². The molecule has 0 aliphatic rings. The van der Waals surface area contributed by atoms with Crippen LogP contribution in [0.4, 0.5) is 0 Å². The smallest absolute Gasteiger partial charge is 0.213 e. The van der Waals surface area contributed by atoms with Gasteiger partial charge in [-0.2, -0.15) is 0 Å². The van der Waals surface area contributed by atoms with Gasteiger partial charge in [0, 0.05) is 25.4 Å². The number of ether oxygens (including phenoxy) is 1. The summed E-state index contributed by atoms with van der Waals surface area (Å²) in [5.41, 5.74) is 1.27. The molecule has 28 heavy (non-hydrogen) atoms. The van der Waals surface area contributed by atoms with E-state index in [1.54, 1.807) is 0 Å². The summed E-state index contributed by atoms with van der Waals surface area (Å²) in [6.07, 6.45) is 15.3. The third-order valence-corrected chi connectivity index (χ3v) is 5.32. The zero-order valence-electron chi connectivity index (χ0n) is 19.0. The zero-order valence-corrected chi connectivity index (χ0v) is 19.0. The standard InChI is InChI=1S/C24H45N3O/c1-5-7-9-11-14-22(13-10-8-6-2)20-27(4)21-23-15-16-24(26-19-23)28-18-12-17-25-3/h15-16,19,22,25H,5-14,17-18,20-21H2,1-4H3. The molecule has 1 heterocycles. The molecule has 162 valence electrons. The first-order chi connectivity index (χ1) is 13.7. The molecule has 0 amide bonds. The SMILES string of the molecule is CCCCCCC(CCCCC)CN(C)Cc1ccc(OCCCNC)nc1. The largest absolute Gasteiger partial charge is 0.478 e.